The van der Waals surface area contributed by atoms with Crippen molar-refractivity contribution in [2.45, 2.75) is 27.7 Å². The first-order valence-electron chi connectivity index (χ1n) is 10.5. The molecule has 0 fully saturated rings. The van der Waals surface area contributed by atoms with E-state index < -0.39 is 0 Å². The van der Waals surface area contributed by atoms with Gasteiger partial charge < -0.3 is 0 Å². The van der Waals surface area contributed by atoms with E-state index in [1.54, 1.807) is 0 Å². The smallest absolute Gasteiger partial charge is 0.270 e. The molecule has 2 aliphatic heterocycles. The molecule has 0 unspecified atom stereocenters. The third-order valence-electron chi connectivity index (χ3n) is 5.39. The number of nitrogens with zero attached hydrogens (tertiary/aromatic N) is 2. The molecule has 0 bridgehead atoms. The van der Waals surface area contributed by atoms with E-state index in [-0.39, 0.29) is 0 Å². The van der Waals surface area contributed by atoms with Crippen LogP contribution in [0, 0.1) is 13.8 Å². The predicted molar refractivity (Wildman–Crippen MR) is 118 cm³/mol. The summed E-state index contributed by atoms with van der Waals surface area (Å²) in [5, 5.41) is 6.99. The predicted octanol–water partition coefficient (Wildman–Crippen LogP) is 2.75. The largest absolute Gasteiger partial charge is 0.277 e. The van der Waals surface area contributed by atoms with Crippen LogP contribution in [-0.4, -0.2) is 60.1 Å². The molecule has 4 heteroatoms. The van der Waals surface area contributed by atoms with E-state index in [1.165, 1.54) is 33.9 Å². The monoisotopic (exact) mass is 378 g/mol. The van der Waals surface area contributed by atoms with Crippen LogP contribution < -0.4 is 10.6 Å². The summed E-state index contributed by atoms with van der Waals surface area (Å²) in [6.45, 7) is 15.0. The van der Waals surface area contributed by atoms with Crippen LogP contribution in [-0.2, 0) is 0 Å². The molecule has 2 aliphatic rings. The van der Waals surface area contributed by atoms with Gasteiger partial charge in [-0.3, -0.25) is 19.8 Å². The molecule has 0 aromatic heterocycles. The van der Waals surface area contributed by atoms with Crippen LogP contribution in [0.2, 0.25) is 0 Å². The molecule has 0 radical (unpaired) electrons. The molecule has 28 heavy (non-hydrogen) atoms. The number of nitrogens with one attached hydrogen (secondary N) is 2. The summed E-state index contributed by atoms with van der Waals surface area (Å²) in [5.74, 6) is 2.55. The maximum Gasteiger partial charge on any atom is 0.277 e. The molecule has 4 nitrogen and oxygen atoms in total. The van der Waals surface area contributed by atoms with Gasteiger partial charge in [-0.15, -0.1) is 0 Å². The highest BCUT2D eigenvalue weighted by atomic mass is 15.2. The van der Waals surface area contributed by atoms with E-state index in [9.17, 15) is 0 Å². The maximum absolute atomic E-state index is 3.49. The molecule has 2 heterocycles. The van der Waals surface area contributed by atoms with Gasteiger partial charge in [-0.2, -0.15) is 0 Å². The highest BCUT2D eigenvalue weighted by molar-refractivity contribution is 5.99. The highest BCUT2D eigenvalue weighted by Crippen LogP contribution is 2.09. The second-order valence-corrected chi connectivity index (χ2v) is 7.44. The Hall–Kier alpha value is -2.62. The fourth-order valence-electron chi connectivity index (χ4n) is 3.69. The van der Waals surface area contributed by atoms with Crippen molar-refractivity contribution in [3.8, 4) is 0 Å². The first-order valence-corrected chi connectivity index (χ1v) is 10.5. The lowest BCUT2D eigenvalue weighted by Gasteiger charge is -2.04. The van der Waals surface area contributed by atoms with Gasteiger partial charge in [-0.05, 0) is 52.0 Å². The highest BCUT2D eigenvalue weighted by Gasteiger charge is 2.24. The Balaban J connectivity index is 0.000000236. The quantitative estimate of drug-likeness (QED) is 0.802. The third kappa shape index (κ3) is 4.80. The summed E-state index contributed by atoms with van der Waals surface area (Å²) in [4.78, 5) is 0. The van der Waals surface area contributed by atoms with Gasteiger partial charge in [0.1, 0.15) is 26.2 Å². The molecule has 0 aliphatic carbocycles. The zero-order chi connectivity index (χ0) is 19.9. The van der Waals surface area contributed by atoms with Crippen molar-refractivity contribution >= 4 is 11.7 Å². The second-order valence-electron chi connectivity index (χ2n) is 7.44. The van der Waals surface area contributed by atoms with E-state index in [2.05, 4.69) is 96.0 Å². The molecule has 0 atom stereocenters. The molecule has 2 N–H and O–H groups in total. The minimum absolute atomic E-state index is 1.05. The van der Waals surface area contributed by atoms with Gasteiger partial charge in [0.05, 0.1) is 24.2 Å². The summed E-state index contributed by atoms with van der Waals surface area (Å²) >= 11 is 0. The van der Waals surface area contributed by atoms with E-state index in [1.807, 2.05) is 0 Å². The van der Waals surface area contributed by atoms with Crippen LogP contribution in [0.1, 0.15) is 36.1 Å². The Morgan fingerprint density at radius 3 is 1.32 bits per heavy atom. The number of amidine groups is 2. The van der Waals surface area contributed by atoms with Crippen molar-refractivity contribution in [3.63, 3.8) is 0 Å². The Kier molecular flexibility index (Phi) is 6.85. The first-order chi connectivity index (χ1) is 13.6. The molecular formula is C24H34N4+2. The van der Waals surface area contributed by atoms with Gasteiger partial charge in [-0.1, -0.05) is 35.4 Å². The van der Waals surface area contributed by atoms with E-state index in [4.69, 9.17) is 0 Å². The lowest BCUT2D eigenvalue weighted by atomic mass is 10.1. The van der Waals surface area contributed by atoms with Crippen molar-refractivity contribution < 1.29 is 9.15 Å². The Morgan fingerprint density at radius 2 is 1.00 bits per heavy atom. The SMILES string of the molecule is CC[N+]1=C(c2ccc(C3=[N+](CC)CCN3)cc2)NCC1.Cc1ccc(C)cc1. The van der Waals surface area contributed by atoms with Crippen molar-refractivity contribution in [3.05, 3.63) is 70.8 Å². The molecule has 2 aromatic carbocycles. The molecule has 0 saturated carbocycles. The number of rotatable bonds is 4. The zero-order valence-corrected chi connectivity index (χ0v) is 17.8. The number of aryl methyl sites for hydroxylation is 2. The number of hydrogen-bond donors (Lipinski definition) is 2. The molecule has 0 saturated heterocycles. The van der Waals surface area contributed by atoms with E-state index in [0.29, 0.717) is 0 Å². The van der Waals surface area contributed by atoms with Crippen molar-refractivity contribution in [2.24, 2.45) is 0 Å². The van der Waals surface area contributed by atoms with Crippen LogP contribution in [0.25, 0.3) is 0 Å². The zero-order valence-electron chi connectivity index (χ0n) is 17.8. The molecule has 2 aromatic rings. The summed E-state index contributed by atoms with van der Waals surface area (Å²) in [5.41, 5.74) is 5.23. The molecule has 0 amide bonds. The molecule has 0 spiro atoms. The summed E-state index contributed by atoms with van der Waals surface area (Å²) in [6.07, 6.45) is 0. The minimum atomic E-state index is 1.05. The standard InChI is InChI=1S/C16H22N4.C8H10/c1-3-19-11-9-17-15(19)13-5-7-14(8-6-13)16-18-10-12-20(16)4-2;1-7-3-5-8(2)6-4-7/h5-8H,3-4,9-12H2,1-2H3;3-6H,1-2H3/p+2. The fraction of sp³-hybridized carbons (Fsp3) is 0.417. The Morgan fingerprint density at radius 1 is 0.643 bits per heavy atom. The number of benzene rings is 2. The van der Waals surface area contributed by atoms with Crippen LogP contribution in [0.3, 0.4) is 0 Å². The number of likely N-dealkylation sites (N-methyl/N-ethyl adjacent to an activating group) is 2. The Labute approximate surface area is 169 Å². The molecular weight excluding hydrogens is 344 g/mol. The minimum Gasteiger partial charge on any atom is -0.270 e. The first kappa shape index (κ1) is 20.1. The third-order valence-corrected chi connectivity index (χ3v) is 5.39. The van der Waals surface area contributed by atoms with Gasteiger partial charge in [0.25, 0.3) is 11.7 Å². The number of hydrogen-bond acceptors (Lipinski definition) is 2. The van der Waals surface area contributed by atoms with Gasteiger partial charge in [0.2, 0.25) is 0 Å². The Bertz CT molecular complexity index is 773. The van der Waals surface area contributed by atoms with E-state index >= 15 is 0 Å². The van der Waals surface area contributed by atoms with Crippen molar-refractivity contribution in [1.29, 1.82) is 0 Å². The van der Waals surface area contributed by atoms with Crippen LogP contribution in [0.5, 0.6) is 0 Å². The fourth-order valence-corrected chi connectivity index (χ4v) is 3.69. The van der Waals surface area contributed by atoms with Crippen molar-refractivity contribution in [2.75, 3.05) is 39.3 Å². The van der Waals surface area contributed by atoms with Gasteiger partial charge in [0.15, 0.2) is 0 Å². The summed E-state index contributed by atoms with van der Waals surface area (Å²) in [7, 11) is 0. The van der Waals surface area contributed by atoms with Crippen molar-refractivity contribution in [1.82, 2.24) is 10.6 Å². The lowest BCUT2D eigenvalue weighted by molar-refractivity contribution is -0.513. The molecule has 148 valence electrons. The average Bonchev–Trinajstić information content (AvgIpc) is 3.40. The van der Waals surface area contributed by atoms with Crippen LogP contribution in [0.4, 0.5) is 0 Å². The van der Waals surface area contributed by atoms with Gasteiger partial charge in [0, 0.05) is 0 Å². The topological polar surface area (TPSA) is 30.1 Å². The van der Waals surface area contributed by atoms with Gasteiger partial charge in [-0.25, -0.2) is 0 Å². The van der Waals surface area contributed by atoms with Crippen LogP contribution >= 0.6 is 0 Å². The van der Waals surface area contributed by atoms with Crippen LogP contribution in [0.15, 0.2) is 48.5 Å². The maximum atomic E-state index is 3.49. The lowest BCUT2D eigenvalue weighted by Crippen LogP contribution is -2.26. The summed E-state index contributed by atoms with van der Waals surface area (Å²) < 4.78 is 4.79. The van der Waals surface area contributed by atoms with E-state index in [0.717, 1.165) is 39.3 Å². The second kappa shape index (κ2) is 9.54. The van der Waals surface area contributed by atoms with Gasteiger partial charge >= 0.3 is 0 Å². The molecule has 4 rings (SSSR count). The summed E-state index contributed by atoms with van der Waals surface area (Å²) in [6, 6.07) is 17.4. The average molecular weight is 379 g/mol. The normalized spacial score (nSPS) is 15.9.